The molecule has 0 aliphatic heterocycles. The molecule has 0 saturated carbocycles. The molecule has 2 rings (SSSR count). The van der Waals surface area contributed by atoms with Crippen molar-refractivity contribution in [2.75, 3.05) is 0 Å². The molecule has 0 aliphatic rings. The Morgan fingerprint density at radius 1 is 1.19 bits per heavy atom. The number of nitrogens with one attached hydrogen (secondary N) is 1. The lowest BCUT2D eigenvalue weighted by atomic mass is 10.1. The number of hydrogen-bond donors (Lipinski definition) is 2. The van der Waals surface area contributed by atoms with E-state index in [9.17, 15) is 4.39 Å². The minimum absolute atomic E-state index is 0.106. The van der Waals surface area contributed by atoms with Crippen LogP contribution in [0.25, 0.3) is 0 Å². The van der Waals surface area contributed by atoms with E-state index in [2.05, 4.69) is 6.92 Å². The molecule has 0 aromatic heterocycles. The average molecular weight is 286 g/mol. The van der Waals surface area contributed by atoms with Crippen LogP contribution in [0.2, 0.25) is 0 Å². The number of benzene rings is 2. The monoisotopic (exact) mass is 286 g/mol. The maximum Gasteiger partial charge on any atom is 0.140 e. The van der Waals surface area contributed by atoms with Gasteiger partial charge in [-0.2, -0.15) is 0 Å². The highest BCUT2D eigenvalue weighted by atomic mass is 19.1. The lowest BCUT2D eigenvalue weighted by Gasteiger charge is -2.10. The fourth-order valence-electron chi connectivity index (χ4n) is 2.10. The van der Waals surface area contributed by atoms with Crippen molar-refractivity contribution in [3.63, 3.8) is 0 Å². The number of nitrogens with two attached hydrogens (primary N) is 1. The van der Waals surface area contributed by atoms with Crippen molar-refractivity contribution in [1.29, 1.82) is 5.41 Å². The summed E-state index contributed by atoms with van der Waals surface area (Å²) in [5, 5.41) is 7.33. The molecule has 0 spiro atoms. The molecule has 0 radical (unpaired) electrons. The average Bonchev–Trinajstić information content (AvgIpc) is 2.48. The van der Waals surface area contributed by atoms with E-state index in [0.29, 0.717) is 11.3 Å². The molecular weight excluding hydrogens is 267 g/mol. The van der Waals surface area contributed by atoms with Crippen molar-refractivity contribution in [2.45, 2.75) is 26.4 Å². The normalized spacial score (nSPS) is 10.4. The molecule has 0 unspecified atom stereocenters. The molecule has 0 amide bonds. The quantitative estimate of drug-likeness (QED) is 0.629. The van der Waals surface area contributed by atoms with Gasteiger partial charge in [-0.1, -0.05) is 37.6 Å². The smallest absolute Gasteiger partial charge is 0.140 e. The van der Waals surface area contributed by atoms with E-state index in [-0.39, 0.29) is 18.0 Å². The van der Waals surface area contributed by atoms with Crippen LogP contribution in [0.15, 0.2) is 42.5 Å². The van der Waals surface area contributed by atoms with Gasteiger partial charge in [0.15, 0.2) is 0 Å². The second-order valence-corrected chi connectivity index (χ2v) is 4.87. The molecule has 3 N–H and O–H groups in total. The van der Waals surface area contributed by atoms with Gasteiger partial charge in [0.1, 0.15) is 24.0 Å². The lowest BCUT2D eigenvalue weighted by Crippen LogP contribution is -2.14. The van der Waals surface area contributed by atoms with Crippen molar-refractivity contribution in [3.8, 4) is 5.75 Å². The number of aryl methyl sites for hydroxylation is 1. The van der Waals surface area contributed by atoms with Crippen molar-refractivity contribution in [3.05, 3.63) is 65.0 Å². The standard InChI is InChI=1S/C17H19FN2O/c1-2-4-12-7-9-14(10-8-12)21-11-13-5-3-6-15(16(13)18)17(19)20/h3,5-10H,2,4,11H2,1H3,(H3,19,20). The van der Waals surface area contributed by atoms with Crippen LogP contribution >= 0.6 is 0 Å². The first-order chi connectivity index (χ1) is 10.1. The summed E-state index contributed by atoms with van der Waals surface area (Å²) in [6.07, 6.45) is 2.14. The van der Waals surface area contributed by atoms with Crippen LogP contribution < -0.4 is 10.5 Å². The van der Waals surface area contributed by atoms with E-state index in [4.69, 9.17) is 15.9 Å². The van der Waals surface area contributed by atoms with E-state index in [1.54, 1.807) is 12.1 Å². The fourth-order valence-corrected chi connectivity index (χ4v) is 2.10. The highest BCUT2D eigenvalue weighted by molar-refractivity contribution is 5.95. The zero-order valence-electron chi connectivity index (χ0n) is 12.0. The van der Waals surface area contributed by atoms with Gasteiger partial charge in [0, 0.05) is 5.56 Å². The molecule has 3 nitrogen and oxygen atoms in total. The largest absolute Gasteiger partial charge is 0.489 e. The van der Waals surface area contributed by atoms with E-state index in [0.717, 1.165) is 12.8 Å². The fraction of sp³-hybridized carbons (Fsp3) is 0.235. The van der Waals surface area contributed by atoms with Gasteiger partial charge in [0.2, 0.25) is 0 Å². The topological polar surface area (TPSA) is 59.1 Å². The maximum absolute atomic E-state index is 14.1. The molecule has 0 saturated heterocycles. The molecule has 2 aromatic carbocycles. The Morgan fingerprint density at radius 3 is 2.52 bits per heavy atom. The predicted molar refractivity (Wildman–Crippen MR) is 82.2 cm³/mol. The number of hydrogen-bond acceptors (Lipinski definition) is 2. The van der Waals surface area contributed by atoms with Crippen molar-refractivity contribution in [1.82, 2.24) is 0 Å². The van der Waals surface area contributed by atoms with Crippen molar-refractivity contribution >= 4 is 5.84 Å². The van der Waals surface area contributed by atoms with E-state index in [1.165, 1.54) is 11.6 Å². The predicted octanol–water partition coefficient (Wildman–Crippen LogP) is 3.64. The van der Waals surface area contributed by atoms with Crippen LogP contribution in [-0.4, -0.2) is 5.84 Å². The molecule has 0 aliphatic carbocycles. The van der Waals surface area contributed by atoms with Crippen LogP contribution in [-0.2, 0) is 13.0 Å². The van der Waals surface area contributed by atoms with Gasteiger partial charge in [-0.05, 0) is 30.2 Å². The summed E-state index contributed by atoms with van der Waals surface area (Å²) < 4.78 is 19.7. The minimum Gasteiger partial charge on any atom is -0.489 e. The van der Waals surface area contributed by atoms with Crippen LogP contribution in [0.5, 0.6) is 5.75 Å². The van der Waals surface area contributed by atoms with Crippen LogP contribution in [0.1, 0.15) is 30.0 Å². The summed E-state index contributed by atoms with van der Waals surface area (Å²) in [6.45, 7) is 2.25. The Labute approximate surface area is 124 Å². The maximum atomic E-state index is 14.1. The molecule has 0 bridgehead atoms. The lowest BCUT2D eigenvalue weighted by molar-refractivity contribution is 0.299. The van der Waals surface area contributed by atoms with E-state index < -0.39 is 5.82 Å². The summed E-state index contributed by atoms with van der Waals surface area (Å²) in [5.41, 5.74) is 7.09. The Hall–Kier alpha value is -2.36. The van der Waals surface area contributed by atoms with Gasteiger partial charge in [0.05, 0.1) is 5.56 Å². The van der Waals surface area contributed by atoms with Gasteiger partial charge in [-0.15, -0.1) is 0 Å². The molecule has 0 heterocycles. The third kappa shape index (κ3) is 3.81. The third-order valence-corrected chi connectivity index (χ3v) is 3.23. The molecular formula is C17H19FN2O. The number of rotatable bonds is 6. The number of nitrogen functional groups attached to an aromatic ring is 1. The minimum atomic E-state index is -0.493. The van der Waals surface area contributed by atoms with Crippen molar-refractivity contribution < 1.29 is 9.13 Å². The summed E-state index contributed by atoms with van der Waals surface area (Å²) >= 11 is 0. The van der Waals surface area contributed by atoms with Gasteiger partial charge >= 0.3 is 0 Å². The summed E-state index contributed by atoms with van der Waals surface area (Å²) in [5.74, 6) is -0.0756. The molecule has 0 fully saturated rings. The molecule has 4 heteroatoms. The highest BCUT2D eigenvalue weighted by Gasteiger charge is 2.10. The zero-order chi connectivity index (χ0) is 15.2. The molecule has 21 heavy (non-hydrogen) atoms. The number of halogens is 1. The summed E-state index contributed by atoms with van der Waals surface area (Å²) in [6, 6.07) is 12.6. The van der Waals surface area contributed by atoms with E-state index in [1.807, 2.05) is 24.3 Å². The van der Waals surface area contributed by atoms with Crippen LogP contribution in [0.4, 0.5) is 4.39 Å². The van der Waals surface area contributed by atoms with Gasteiger partial charge in [0.25, 0.3) is 0 Å². The molecule has 2 aromatic rings. The first kappa shape index (κ1) is 15.0. The van der Waals surface area contributed by atoms with Crippen LogP contribution in [0.3, 0.4) is 0 Å². The van der Waals surface area contributed by atoms with Crippen LogP contribution in [0, 0.1) is 11.2 Å². The summed E-state index contributed by atoms with van der Waals surface area (Å²) in [7, 11) is 0. The Balaban J connectivity index is 2.06. The Bertz CT molecular complexity index is 623. The highest BCUT2D eigenvalue weighted by Crippen LogP contribution is 2.18. The molecule has 0 atom stereocenters. The first-order valence-electron chi connectivity index (χ1n) is 6.95. The van der Waals surface area contributed by atoms with Gasteiger partial charge in [-0.3, -0.25) is 5.41 Å². The summed E-state index contributed by atoms with van der Waals surface area (Å²) in [4.78, 5) is 0. The van der Waals surface area contributed by atoms with Crippen molar-refractivity contribution in [2.24, 2.45) is 5.73 Å². The second-order valence-electron chi connectivity index (χ2n) is 4.87. The third-order valence-electron chi connectivity index (χ3n) is 3.23. The van der Waals surface area contributed by atoms with Gasteiger partial charge < -0.3 is 10.5 Å². The second kappa shape index (κ2) is 6.88. The zero-order valence-corrected chi connectivity index (χ0v) is 12.0. The number of ether oxygens (including phenoxy) is 1. The Kier molecular flexibility index (Phi) is 4.93. The SMILES string of the molecule is CCCc1ccc(OCc2cccc(C(=N)N)c2F)cc1. The molecule has 110 valence electrons. The Morgan fingerprint density at radius 2 is 1.90 bits per heavy atom. The van der Waals surface area contributed by atoms with E-state index >= 15 is 0 Å². The first-order valence-corrected chi connectivity index (χ1v) is 6.95. The van der Waals surface area contributed by atoms with Gasteiger partial charge in [-0.25, -0.2) is 4.39 Å². The number of amidine groups is 1.